The van der Waals surface area contributed by atoms with Gasteiger partial charge in [0.15, 0.2) is 11.5 Å². The molecule has 0 aromatic heterocycles. The highest BCUT2D eigenvalue weighted by atomic mass is 35.5. The zero-order chi connectivity index (χ0) is 18.5. The second kappa shape index (κ2) is 8.10. The molecular weight excluding hydrogens is 356 g/mol. The Kier molecular flexibility index (Phi) is 5.63. The number of ether oxygens (including phenoxy) is 3. The number of benzene rings is 2. The molecular formula is C19H19ClN2O4. The van der Waals surface area contributed by atoms with Crippen molar-refractivity contribution in [1.29, 1.82) is 0 Å². The van der Waals surface area contributed by atoms with E-state index in [4.69, 9.17) is 25.8 Å². The van der Waals surface area contributed by atoms with Crippen LogP contribution >= 0.6 is 11.6 Å². The van der Waals surface area contributed by atoms with Gasteiger partial charge in [-0.15, -0.1) is 0 Å². The van der Waals surface area contributed by atoms with Gasteiger partial charge in [-0.3, -0.25) is 10.1 Å². The van der Waals surface area contributed by atoms with Crippen molar-refractivity contribution in [2.45, 2.75) is 26.5 Å². The number of halogens is 1. The molecule has 1 heterocycles. The minimum Gasteiger partial charge on any atom is -0.462 e. The third kappa shape index (κ3) is 4.46. The van der Waals surface area contributed by atoms with Gasteiger partial charge < -0.3 is 14.2 Å². The second-order valence-corrected chi connectivity index (χ2v) is 6.32. The molecule has 1 amide bonds. The van der Waals surface area contributed by atoms with Crippen LogP contribution in [0.25, 0.3) is 0 Å². The van der Waals surface area contributed by atoms with Crippen LogP contribution in [0.5, 0.6) is 11.5 Å². The molecule has 1 aliphatic heterocycles. The maximum atomic E-state index is 12.4. The predicted molar refractivity (Wildman–Crippen MR) is 98.8 cm³/mol. The number of amides is 1. The number of nitrogens with zero attached hydrogens (tertiary/aromatic N) is 1. The van der Waals surface area contributed by atoms with E-state index < -0.39 is 0 Å². The monoisotopic (exact) mass is 374 g/mol. The summed E-state index contributed by atoms with van der Waals surface area (Å²) in [4.78, 5) is 16.8. The van der Waals surface area contributed by atoms with Crippen molar-refractivity contribution < 1.29 is 19.0 Å². The first-order valence-corrected chi connectivity index (χ1v) is 8.56. The topological polar surface area (TPSA) is 69.2 Å². The van der Waals surface area contributed by atoms with E-state index in [-0.39, 0.29) is 24.8 Å². The SMILES string of the molecule is CC(C)OC(=NCc1ccc2c(c1)OCO2)NC(=O)c1ccccc1Cl. The lowest BCUT2D eigenvalue weighted by Gasteiger charge is -2.14. The maximum absolute atomic E-state index is 12.4. The van der Waals surface area contributed by atoms with Crippen LogP contribution in [0.3, 0.4) is 0 Å². The molecule has 0 saturated carbocycles. The Morgan fingerprint density at radius 3 is 2.77 bits per heavy atom. The smallest absolute Gasteiger partial charge is 0.292 e. The molecule has 0 radical (unpaired) electrons. The van der Waals surface area contributed by atoms with Gasteiger partial charge in [-0.1, -0.05) is 29.8 Å². The van der Waals surface area contributed by atoms with E-state index in [2.05, 4.69) is 10.3 Å². The van der Waals surface area contributed by atoms with Crippen LogP contribution in [0, 0.1) is 0 Å². The first-order chi connectivity index (χ1) is 12.5. The third-order valence-corrected chi connectivity index (χ3v) is 3.86. The zero-order valence-electron chi connectivity index (χ0n) is 14.5. The summed E-state index contributed by atoms with van der Waals surface area (Å²) in [5, 5.41) is 3.04. The number of carbonyl (C=O) groups excluding carboxylic acids is 1. The van der Waals surface area contributed by atoms with Crippen molar-refractivity contribution in [3.63, 3.8) is 0 Å². The summed E-state index contributed by atoms with van der Waals surface area (Å²) in [7, 11) is 0. The van der Waals surface area contributed by atoms with E-state index in [9.17, 15) is 4.79 Å². The molecule has 0 spiro atoms. The Balaban J connectivity index is 1.74. The van der Waals surface area contributed by atoms with E-state index in [1.807, 2.05) is 32.0 Å². The van der Waals surface area contributed by atoms with Crippen LogP contribution in [0.4, 0.5) is 0 Å². The van der Waals surface area contributed by atoms with Crippen molar-refractivity contribution in [2.24, 2.45) is 4.99 Å². The normalized spacial score (nSPS) is 13.0. The highest BCUT2D eigenvalue weighted by Gasteiger charge is 2.15. The fraction of sp³-hybridized carbons (Fsp3) is 0.263. The van der Waals surface area contributed by atoms with Crippen molar-refractivity contribution in [2.75, 3.05) is 6.79 Å². The summed E-state index contributed by atoms with van der Waals surface area (Å²) in [6.07, 6.45) is -0.142. The Morgan fingerprint density at radius 1 is 1.23 bits per heavy atom. The van der Waals surface area contributed by atoms with Crippen LogP contribution in [0.2, 0.25) is 5.02 Å². The van der Waals surface area contributed by atoms with Crippen molar-refractivity contribution in [1.82, 2.24) is 5.32 Å². The molecule has 0 atom stereocenters. The lowest BCUT2D eigenvalue weighted by atomic mass is 10.2. The van der Waals surface area contributed by atoms with Crippen molar-refractivity contribution in [3.05, 3.63) is 58.6 Å². The first-order valence-electron chi connectivity index (χ1n) is 8.18. The summed E-state index contributed by atoms with van der Waals surface area (Å²) in [5.41, 5.74) is 1.27. The molecule has 0 unspecified atom stereocenters. The Hall–Kier alpha value is -2.73. The van der Waals surface area contributed by atoms with Crippen LogP contribution in [0.15, 0.2) is 47.5 Å². The molecule has 2 aromatic rings. The highest BCUT2D eigenvalue weighted by Crippen LogP contribution is 2.32. The number of amidine groups is 1. The van der Waals surface area contributed by atoms with Gasteiger partial charge in [0.05, 0.1) is 23.2 Å². The molecule has 6 nitrogen and oxygen atoms in total. The van der Waals surface area contributed by atoms with Gasteiger partial charge in [-0.05, 0) is 43.7 Å². The number of rotatable bonds is 4. The predicted octanol–water partition coefficient (Wildman–Crippen LogP) is 3.78. The van der Waals surface area contributed by atoms with Crippen LogP contribution in [-0.4, -0.2) is 24.8 Å². The van der Waals surface area contributed by atoms with Crippen LogP contribution in [-0.2, 0) is 11.3 Å². The molecule has 0 aliphatic carbocycles. The van der Waals surface area contributed by atoms with Gasteiger partial charge in [-0.2, -0.15) is 0 Å². The third-order valence-electron chi connectivity index (χ3n) is 3.53. The standard InChI is InChI=1S/C19H19ClN2O4/c1-12(2)26-19(22-18(23)14-5-3-4-6-15(14)20)21-10-13-7-8-16-17(9-13)25-11-24-16/h3-9,12H,10-11H2,1-2H3,(H,21,22,23). The summed E-state index contributed by atoms with van der Waals surface area (Å²) in [6, 6.07) is 12.5. The summed E-state index contributed by atoms with van der Waals surface area (Å²) in [6.45, 7) is 4.26. The number of hydrogen-bond donors (Lipinski definition) is 1. The molecule has 136 valence electrons. The molecule has 2 aromatic carbocycles. The van der Waals surface area contributed by atoms with Gasteiger partial charge in [0, 0.05) is 0 Å². The average Bonchev–Trinajstić information content (AvgIpc) is 3.07. The first kappa shape index (κ1) is 18.1. The lowest BCUT2D eigenvalue weighted by Crippen LogP contribution is -2.34. The van der Waals surface area contributed by atoms with Crippen molar-refractivity contribution in [3.8, 4) is 11.5 Å². The maximum Gasteiger partial charge on any atom is 0.292 e. The van der Waals surface area contributed by atoms with Gasteiger partial charge in [0.1, 0.15) is 0 Å². The molecule has 1 aliphatic rings. The van der Waals surface area contributed by atoms with Crippen LogP contribution < -0.4 is 14.8 Å². The van der Waals surface area contributed by atoms with Gasteiger partial charge in [0.2, 0.25) is 6.79 Å². The largest absolute Gasteiger partial charge is 0.462 e. The quantitative estimate of drug-likeness (QED) is 0.653. The number of hydrogen-bond acceptors (Lipinski definition) is 5. The average molecular weight is 375 g/mol. The Labute approximate surface area is 156 Å². The lowest BCUT2D eigenvalue weighted by molar-refractivity contribution is 0.0959. The minimum absolute atomic E-state index is 0.141. The van der Waals surface area contributed by atoms with E-state index in [0.717, 1.165) is 5.56 Å². The van der Waals surface area contributed by atoms with E-state index >= 15 is 0 Å². The number of nitrogens with one attached hydrogen (secondary N) is 1. The van der Waals surface area contributed by atoms with E-state index in [1.165, 1.54) is 0 Å². The summed E-state index contributed by atoms with van der Waals surface area (Å²) < 4.78 is 16.3. The molecule has 0 fully saturated rings. The highest BCUT2D eigenvalue weighted by molar-refractivity contribution is 6.34. The summed E-state index contributed by atoms with van der Waals surface area (Å²) in [5.74, 6) is 1.02. The fourth-order valence-electron chi connectivity index (χ4n) is 2.34. The molecule has 0 saturated heterocycles. The molecule has 1 N–H and O–H groups in total. The minimum atomic E-state index is -0.374. The molecule has 3 rings (SSSR count). The Bertz CT molecular complexity index is 836. The van der Waals surface area contributed by atoms with E-state index in [0.29, 0.717) is 28.6 Å². The van der Waals surface area contributed by atoms with Gasteiger partial charge >= 0.3 is 0 Å². The molecule has 0 bridgehead atoms. The fourth-order valence-corrected chi connectivity index (χ4v) is 2.56. The van der Waals surface area contributed by atoms with E-state index in [1.54, 1.807) is 24.3 Å². The zero-order valence-corrected chi connectivity index (χ0v) is 15.2. The second-order valence-electron chi connectivity index (χ2n) is 5.91. The van der Waals surface area contributed by atoms with Crippen LogP contribution in [0.1, 0.15) is 29.8 Å². The van der Waals surface area contributed by atoms with Gasteiger partial charge in [0.25, 0.3) is 11.9 Å². The number of carbonyl (C=O) groups is 1. The van der Waals surface area contributed by atoms with Crippen molar-refractivity contribution >= 4 is 23.5 Å². The summed E-state index contributed by atoms with van der Waals surface area (Å²) >= 11 is 6.07. The number of aliphatic imine (C=N–C) groups is 1. The number of fused-ring (bicyclic) bond motifs is 1. The van der Waals surface area contributed by atoms with Gasteiger partial charge in [-0.25, -0.2) is 4.99 Å². The molecule has 7 heteroatoms. The molecule has 26 heavy (non-hydrogen) atoms. The Morgan fingerprint density at radius 2 is 2.00 bits per heavy atom.